The lowest BCUT2D eigenvalue weighted by atomic mass is 9.93. The smallest absolute Gasteiger partial charge is 0.0654 e. The van der Waals surface area contributed by atoms with Crippen LogP contribution >= 0.6 is 12.6 Å². The molecule has 0 spiro atoms. The van der Waals surface area contributed by atoms with E-state index in [0.717, 1.165) is 11.4 Å². The van der Waals surface area contributed by atoms with Gasteiger partial charge >= 0.3 is 0 Å². The highest BCUT2D eigenvalue weighted by Crippen LogP contribution is 2.29. The van der Waals surface area contributed by atoms with E-state index >= 15 is 0 Å². The van der Waals surface area contributed by atoms with Gasteiger partial charge in [0.1, 0.15) is 0 Å². The van der Waals surface area contributed by atoms with Gasteiger partial charge in [-0.25, -0.2) is 0 Å². The van der Waals surface area contributed by atoms with Crippen LogP contribution in [0.2, 0.25) is 0 Å². The molecule has 0 bridgehead atoms. The summed E-state index contributed by atoms with van der Waals surface area (Å²) in [6.07, 6.45) is 8.52. The zero-order valence-corrected chi connectivity index (χ0v) is 7.45. The minimum absolute atomic E-state index is 1.03. The third-order valence-electron chi connectivity index (χ3n) is 2.40. The molecular weight excluding hydrogens is 154 g/mol. The van der Waals surface area contributed by atoms with Crippen LogP contribution in [0, 0.1) is 0 Å². The highest BCUT2D eigenvalue weighted by molar-refractivity contribution is 7.84. The molecule has 0 aromatic rings. The van der Waals surface area contributed by atoms with Crippen molar-refractivity contribution in [2.24, 2.45) is 0 Å². The Hall–Kier alpha value is -0.370. The summed E-state index contributed by atoms with van der Waals surface area (Å²) in [6, 6.07) is 0. The van der Waals surface area contributed by atoms with E-state index in [-0.39, 0.29) is 0 Å². The van der Waals surface area contributed by atoms with E-state index < -0.39 is 0 Å². The molecule has 2 heteroatoms. The lowest BCUT2D eigenvalue weighted by molar-refractivity contribution is 0.626. The van der Waals surface area contributed by atoms with Crippen LogP contribution in [0.5, 0.6) is 0 Å². The predicted molar refractivity (Wildman–Crippen MR) is 50.3 cm³/mol. The van der Waals surface area contributed by atoms with Gasteiger partial charge in [0.2, 0.25) is 0 Å². The normalized spacial score (nSPS) is 23.9. The van der Waals surface area contributed by atoms with Crippen molar-refractivity contribution in [3.8, 4) is 0 Å². The van der Waals surface area contributed by atoms with Gasteiger partial charge in [0.15, 0.2) is 0 Å². The highest BCUT2D eigenvalue weighted by Gasteiger charge is 2.14. The maximum Gasteiger partial charge on any atom is 0.0654 e. The fourth-order valence-corrected chi connectivity index (χ4v) is 2.00. The predicted octanol–water partition coefficient (Wildman–Crippen LogP) is 2.58. The molecule has 0 unspecified atom stereocenters. The van der Waals surface area contributed by atoms with E-state index in [9.17, 15) is 0 Å². The summed E-state index contributed by atoms with van der Waals surface area (Å²) in [5, 5.41) is 4.36. The minimum atomic E-state index is 1.03. The molecule has 0 saturated heterocycles. The van der Waals surface area contributed by atoms with Crippen molar-refractivity contribution < 1.29 is 0 Å². The molecule has 11 heavy (non-hydrogen) atoms. The van der Waals surface area contributed by atoms with Crippen molar-refractivity contribution in [3.63, 3.8) is 0 Å². The average Bonchev–Trinajstić information content (AvgIpc) is 2.04. The Kier molecular flexibility index (Phi) is 1.95. The maximum absolute atomic E-state index is 4.29. The van der Waals surface area contributed by atoms with Crippen molar-refractivity contribution in [2.45, 2.75) is 32.1 Å². The molecule has 1 heterocycles. The summed E-state index contributed by atoms with van der Waals surface area (Å²) in [6.45, 7) is 0. The molecule has 1 N–H and O–H groups in total. The number of dihydropyridines is 1. The van der Waals surface area contributed by atoms with E-state index in [0.29, 0.717) is 0 Å². The Morgan fingerprint density at radius 3 is 3.00 bits per heavy atom. The van der Waals surface area contributed by atoms with Gasteiger partial charge in [-0.2, -0.15) is 0 Å². The minimum Gasteiger partial charge on any atom is -0.354 e. The maximum atomic E-state index is 4.29. The van der Waals surface area contributed by atoms with Gasteiger partial charge in [0.25, 0.3) is 0 Å². The molecule has 2 aliphatic rings. The molecule has 0 aromatic carbocycles. The third-order valence-corrected chi connectivity index (χ3v) is 2.70. The Balaban J connectivity index is 2.16. The number of hydrogen-bond donors (Lipinski definition) is 2. The van der Waals surface area contributed by atoms with Crippen molar-refractivity contribution in [2.75, 3.05) is 0 Å². The summed E-state index contributed by atoms with van der Waals surface area (Å²) < 4.78 is 0. The lowest BCUT2D eigenvalue weighted by Gasteiger charge is -2.24. The van der Waals surface area contributed by atoms with Crippen LogP contribution in [0.25, 0.3) is 0 Å². The van der Waals surface area contributed by atoms with Crippen LogP contribution in [0.3, 0.4) is 0 Å². The topological polar surface area (TPSA) is 12.0 Å². The largest absolute Gasteiger partial charge is 0.354 e. The second-order valence-electron chi connectivity index (χ2n) is 3.21. The number of thiol groups is 1. The third kappa shape index (κ3) is 1.45. The first-order chi connectivity index (χ1) is 5.36. The second-order valence-corrected chi connectivity index (χ2v) is 3.69. The van der Waals surface area contributed by atoms with Crippen molar-refractivity contribution >= 4 is 12.6 Å². The summed E-state index contributed by atoms with van der Waals surface area (Å²) in [7, 11) is 0. The molecule has 0 amide bonds. The van der Waals surface area contributed by atoms with E-state index in [4.69, 9.17) is 0 Å². The molecular formula is C9H13NS. The molecule has 1 aliphatic carbocycles. The summed E-state index contributed by atoms with van der Waals surface area (Å²) in [5.74, 6) is 0. The fourth-order valence-electron chi connectivity index (χ4n) is 1.77. The number of nitrogens with one attached hydrogen (secondary N) is 1. The Labute approximate surface area is 73.0 Å². The summed E-state index contributed by atoms with van der Waals surface area (Å²) in [5.41, 5.74) is 3.05. The van der Waals surface area contributed by atoms with Gasteiger partial charge in [-0.05, 0) is 37.7 Å². The SMILES string of the molecule is SC1=CCC2=C(CCCC2)N1. The van der Waals surface area contributed by atoms with E-state index in [1.54, 1.807) is 5.57 Å². The quantitative estimate of drug-likeness (QED) is 0.528. The molecule has 2 rings (SSSR count). The number of rotatable bonds is 0. The van der Waals surface area contributed by atoms with Gasteiger partial charge in [-0.3, -0.25) is 0 Å². The van der Waals surface area contributed by atoms with Crippen LogP contribution < -0.4 is 5.32 Å². The molecule has 1 aliphatic heterocycles. The zero-order valence-electron chi connectivity index (χ0n) is 6.56. The van der Waals surface area contributed by atoms with E-state index in [1.807, 2.05) is 0 Å². The van der Waals surface area contributed by atoms with Gasteiger partial charge in [0.05, 0.1) is 5.03 Å². The van der Waals surface area contributed by atoms with Crippen LogP contribution in [0.1, 0.15) is 32.1 Å². The number of hydrogen-bond acceptors (Lipinski definition) is 2. The molecule has 0 saturated carbocycles. The van der Waals surface area contributed by atoms with Crippen molar-refractivity contribution in [3.05, 3.63) is 22.4 Å². The van der Waals surface area contributed by atoms with Crippen LogP contribution in [-0.4, -0.2) is 0 Å². The number of allylic oxidation sites excluding steroid dienone is 3. The first-order valence-corrected chi connectivity index (χ1v) is 4.68. The van der Waals surface area contributed by atoms with E-state index in [2.05, 4.69) is 24.0 Å². The van der Waals surface area contributed by atoms with Crippen LogP contribution in [0.4, 0.5) is 0 Å². The Bertz CT molecular complexity index is 228. The van der Waals surface area contributed by atoms with Crippen molar-refractivity contribution in [1.29, 1.82) is 0 Å². The zero-order chi connectivity index (χ0) is 7.68. The first-order valence-electron chi connectivity index (χ1n) is 4.23. The molecule has 0 aromatic heterocycles. The summed E-state index contributed by atoms with van der Waals surface area (Å²) >= 11 is 4.29. The molecule has 60 valence electrons. The van der Waals surface area contributed by atoms with Crippen LogP contribution in [0.15, 0.2) is 22.4 Å². The van der Waals surface area contributed by atoms with Gasteiger partial charge in [0, 0.05) is 5.70 Å². The van der Waals surface area contributed by atoms with E-state index in [1.165, 1.54) is 31.4 Å². The standard InChI is InChI=1S/C9H13NS/c11-9-6-5-7-3-1-2-4-8(7)10-9/h6,10-11H,1-5H2. The molecule has 1 nitrogen and oxygen atoms in total. The Morgan fingerprint density at radius 2 is 2.09 bits per heavy atom. The average molecular weight is 167 g/mol. The Morgan fingerprint density at radius 1 is 1.27 bits per heavy atom. The van der Waals surface area contributed by atoms with Crippen molar-refractivity contribution in [1.82, 2.24) is 5.32 Å². The highest BCUT2D eigenvalue weighted by atomic mass is 32.1. The van der Waals surface area contributed by atoms with Crippen LogP contribution in [-0.2, 0) is 0 Å². The monoisotopic (exact) mass is 167 g/mol. The lowest BCUT2D eigenvalue weighted by Crippen LogP contribution is -2.18. The van der Waals surface area contributed by atoms with Gasteiger partial charge in [-0.15, -0.1) is 12.6 Å². The summed E-state index contributed by atoms with van der Waals surface area (Å²) in [4.78, 5) is 0. The van der Waals surface area contributed by atoms with Gasteiger partial charge in [-0.1, -0.05) is 6.08 Å². The molecule has 0 fully saturated rings. The molecule has 0 atom stereocenters. The second kappa shape index (κ2) is 2.94. The first kappa shape index (κ1) is 7.29. The van der Waals surface area contributed by atoms with Gasteiger partial charge < -0.3 is 5.32 Å². The fraction of sp³-hybridized carbons (Fsp3) is 0.556. The molecule has 0 radical (unpaired) electrons.